The summed E-state index contributed by atoms with van der Waals surface area (Å²) in [4.78, 5) is 25.7. The summed E-state index contributed by atoms with van der Waals surface area (Å²) in [7, 11) is 0. The van der Waals surface area contributed by atoms with Crippen LogP contribution in [0.1, 0.15) is 58.4 Å². The number of rotatable bonds is 6. The van der Waals surface area contributed by atoms with Gasteiger partial charge in [0.15, 0.2) is 0 Å². The molecule has 0 saturated carbocycles. The van der Waals surface area contributed by atoms with E-state index in [0.717, 1.165) is 24.8 Å². The van der Waals surface area contributed by atoms with E-state index in [2.05, 4.69) is 22.8 Å². The van der Waals surface area contributed by atoms with E-state index in [1.54, 1.807) is 12.1 Å². The molecule has 0 aromatic heterocycles. The number of aryl methyl sites for hydroxylation is 1. The van der Waals surface area contributed by atoms with E-state index in [1.807, 2.05) is 60.7 Å². The highest BCUT2D eigenvalue weighted by Crippen LogP contribution is 2.30. The summed E-state index contributed by atoms with van der Waals surface area (Å²) in [6.45, 7) is 0. The number of amides is 2. The van der Waals surface area contributed by atoms with Crippen molar-refractivity contribution in [3.05, 3.63) is 107 Å². The summed E-state index contributed by atoms with van der Waals surface area (Å²) in [6, 6.07) is 26.7. The molecule has 152 valence electrons. The van der Waals surface area contributed by atoms with E-state index in [1.165, 1.54) is 11.1 Å². The van der Waals surface area contributed by atoms with Crippen LogP contribution in [0.5, 0.6) is 0 Å². The predicted molar refractivity (Wildman–Crippen MR) is 118 cm³/mol. The molecule has 0 saturated heterocycles. The third kappa shape index (κ3) is 4.77. The summed E-state index contributed by atoms with van der Waals surface area (Å²) in [6.07, 6.45) is 3.26. The molecule has 0 aliphatic heterocycles. The summed E-state index contributed by atoms with van der Waals surface area (Å²) < 4.78 is 0. The number of hydrogen-bond donors (Lipinski definition) is 2. The first kappa shape index (κ1) is 19.9. The Bertz CT molecular complexity index is 1000. The van der Waals surface area contributed by atoms with Crippen molar-refractivity contribution >= 4 is 11.8 Å². The van der Waals surface area contributed by atoms with Crippen molar-refractivity contribution in [2.45, 2.75) is 37.8 Å². The van der Waals surface area contributed by atoms with Crippen molar-refractivity contribution in [1.82, 2.24) is 10.6 Å². The Morgan fingerprint density at radius 2 is 1.53 bits per heavy atom. The molecule has 0 spiro atoms. The van der Waals surface area contributed by atoms with Crippen LogP contribution in [0.25, 0.3) is 0 Å². The molecule has 2 amide bonds. The molecule has 2 N–H and O–H groups in total. The number of fused-ring (bicyclic) bond motifs is 1. The molecule has 1 aliphatic carbocycles. The molecule has 4 heteroatoms. The minimum Gasteiger partial charge on any atom is -0.349 e. The summed E-state index contributed by atoms with van der Waals surface area (Å²) in [5.41, 5.74) is 4.02. The summed E-state index contributed by atoms with van der Waals surface area (Å²) in [5, 5.41) is 6.24. The van der Waals surface area contributed by atoms with Gasteiger partial charge in [-0.1, -0.05) is 72.8 Å². The van der Waals surface area contributed by atoms with Gasteiger partial charge in [-0.05, 0) is 48.1 Å². The molecule has 0 radical (unpaired) electrons. The first-order valence-electron chi connectivity index (χ1n) is 10.5. The van der Waals surface area contributed by atoms with Crippen LogP contribution in [0.15, 0.2) is 84.9 Å². The van der Waals surface area contributed by atoms with Crippen LogP contribution >= 0.6 is 0 Å². The molecule has 0 fully saturated rings. The van der Waals surface area contributed by atoms with Gasteiger partial charge in [-0.2, -0.15) is 0 Å². The van der Waals surface area contributed by atoms with Crippen molar-refractivity contribution in [3.63, 3.8) is 0 Å². The van der Waals surface area contributed by atoms with Gasteiger partial charge in [-0.15, -0.1) is 0 Å². The quantitative estimate of drug-likeness (QED) is 0.630. The summed E-state index contributed by atoms with van der Waals surface area (Å²) >= 11 is 0. The maximum atomic E-state index is 13.0. The Balaban J connectivity index is 1.48. The van der Waals surface area contributed by atoms with E-state index < -0.39 is 6.04 Å². The van der Waals surface area contributed by atoms with Crippen molar-refractivity contribution in [1.29, 1.82) is 0 Å². The topological polar surface area (TPSA) is 58.2 Å². The van der Waals surface area contributed by atoms with Crippen LogP contribution in [-0.2, 0) is 11.2 Å². The lowest BCUT2D eigenvalue weighted by Crippen LogP contribution is -2.36. The van der Waals surface area contributed by atoms with Gasteiger partial charge in [0.2, 0.25) is 5.91 Å². The molecule has 2 atom stereocenters. The average molecular weight is 399 g/mol. The molecule has 3 aromatic carbocycles. The maximum absolute atomic E-state index is 13.0. The fourth-order valence-corrected chi connectivity index (χ4v) is 4.11. The second-order valence-corrected chi connectivity index (χ2v) is 7.72. The molecule has 0 unspecified atom stereocenters. The largest absolute Gasteiger partial charge is 0.349 e. The molecule has 30 heavy (non-hydrogen) atoms. The standard InChI is InChI=1S/C26H26N2O2/c29-25(27-23-17-9-15-19-10-7-8-16-22(19)23)18-24(20-11-3-1-4-12-20)28-26(30)21-13-5-2-6-14-21/h1-8,10-14,16,23-24H,9,15,17-18H2,(H,27,29)(H,28,30)/t23-,24-/m0/s1. The number of nitrogens with one attached hydrogen (secondary N) is 2. The Morgan fingerprint density at radius 1 is 0.867 bits per heavy atom. The lowest BCUT2D eigenvalue weighted by Gasteiger charge is -2.27. The zero-order chi connectivity index (χ0) is 20.8. The van der Waals surface area contributed by atoms with Gasteiger partial charge in [0.05, 0.1) is 18.5 Å². The van der Waals surface area contributed by atoms with Crippen molar-refractivity contribution in [2.75, 3.05) is 0 Å². The predicted octanol–water partition coefficient (Wildman–Crippen LogP) is 4.74. The van der Waals surface area contributed by atoms with E-state index in [0.29, 0.717) is 5.56 Å². The average Bonchev–Trinajstić information content (AvgIpc) is 2.80. The van der Waals surface area contributed by atoms with Crippen LogP contribution in [-0.4, -0.2) is 11.8 Å². The second kappa shape index (κ2) is 9.40. The van der Waals surface area contributed by atoms with Crippen LogP contribution < -0.4 is 10.6 Å². The Labute approximate surface area is 177 Å². The zero-order valence-corrected chi connectivity index (χ0v) is 16.9. The van der Waals surface area contributed by atoms with Gasteiger partial charge < -0.3 is 10.6 Å². The monoisotopic (exact) mass is 398 g/mol. The number of carbonyl (C=O) groups excluding carboxylic acids is 2. The number of hydrogen-bond acceptors (Lipinski definition) is 2. The molecule has 1 aliphatic rings. The maximum Gasteiger partial charge on any atom is 0.251 e. The number of benzene rings is 3. The minimum atomic E-state index is -0.391. The van der Waals surface area contributed by atoms with Gasteiger partial charge in [-0.25, -0.2) is 0 Å². The highest BCUT2D eigenvalue weighted by Gasteiger charge is 2.24. The fourth-order valence-electron chi connectivity index (χ4n) is 4.11. The first-order valence-corrected chi connectivity index (χ1v) is 10.5. The highest BCUT2D eigenvalue weighted by atomic mass is 16.2. The molecule has 4 nitrogen and oxygen atoms in total. The molecule has 0 heterocycles. The third-order valence-electron chi connectivity index (χ3n) is 5.64. The van der Waals surface area contributed by atoms with E-state index in [4.69, 9.17) is 0 Å². The first-order chi connectivity index (χ1) is 14.7. The zero-order valence-electron chi connectivity index (χ0n) is 16.9. The second-order valence-electron chi connectivity index (χ2n) is 7.72. The molecule has 4 rings (SSSR count). The van der Waals surface area contributed by atoms with Gasteiger partial charge in [0.1, 0.15) is 0 Å². The van der Waals surface area contributed by atoms with Crippen LogP contribution in [0.2, 0.25) is 0 Å². The van der Waals surface area contributed by atoms with E-state index >= 15 is 0 Å². The normalized spacial score (nSPS) is 16.2. The fraction of sp³-hybridized carbons (Fsp3) is 0.231. The molecular formula is C26H26N2O2. The SMILES string of the molecule is O=C(C[C@H](NC(=O)c1ccccc1)c1ccccc1)N[C@H]1CCCc2ccccc21. The van der Waals surface area contributed by atoms with E-state index in [9.17, 15) is 9.59 Å². The van der Waals surface area contributed by atoms with Crippen LogP contribution in [0, 0.1) is 0 Å². The van der Waals surface area contributed by atoms with Crippen molar-refractivity contribution in [3.8, 4) is 0 Å². The van der Waals surface area contributed by atoms with Gasteiger partial charge in [-0.3, -0.25) is 9.59 Å². The Morgan fingerprint density at radius 3 is 2.30 bits per heavy atom. The van der Waals surface area contributed by atoms with Crippen molar-refractivity contribution < 1.29 is 9.59 Å². The minimum absolute atomic E-state index is 0.0312. The van der Waals surface area contributed by atoms with E-state index in [-0.39, 0.29) is 24.3 Å². The smallest absolute Gasteiger partial charge is 0.251 e. The highest BCUT2D eigenvalue weighted by molar-refractivity contribution is 5.94. The summed E-state index contributed by atoms with van der Waals surface area (Å²) in [5.74, 6) is -0.237. The lowest BCUT2D eigenvalue weighted by molar-refractivity contribution is -0.122. The molecule has 0 bridgehead atoms. The Hall–Kier alpha value is -3.40. The lowest BCUT2D eigenvalue weighted by atomic mass is 9.87. The number of carbonyl (C=O) groups is 2. The van der Waals surface area contributed by atoms with Crippen LogP contribution in [0.4, 0.5) is 0 Å². The Kier molecular flexibility index (Phi) is 6.23. The van der Waals surface area contributed by atoms with Gasteiger partial charge in [0.25, 0.3) is 5.91 Å². The van der Waals surface area contributed by atoms with Gasteiger partial charge in [0, 0.05) is 5.56 Å². The molecular weight excluding hydrogens is 372 g/mol. The van der Waals surface area contributed by atoms with Gasteiger partial charge >= 0.3 is 0 Å². The molecule has 3 aromatic rings. The van der Waals surface area contributed by atoms with Crippen LogP contribution in [0.3, 0.4) is 0 Å². The third-order valence-corrected chi connectivity index (χ3v) is 5.64. The van der Waals surface area contributed by atoms with Crippen molar-refractivity contribution in [2.24, 2.45) is 0 Å².